The number of nitrogens with two attached hydrogens (primary N) is 1. The Morgan fingerprint density at radius 2 is 2.20 bits per heavy atom. The first-order chi connectivity index (χ1) is 7.26. The maximum Gasteiger partial charge on any atom is -0.000317 e. The minimum absolute atomic E-state index is 0.494. The Balaban J connectivity index is 2.10. The molecule has 1 heteroatoms. The minimum atomic E-state index is 0.494. The number of rotatable bonds is 1. The highest BCUT2D eigenvalue weighted by molar-refractivity contribution is 5.44. The summed E-state index contributed by atoms with van der Waals surface area (Å²) in [5.74, 6) is 0.742. The summed E-state index contributed by atoms with van der Waals surface area (Å²) in [5.41, 5.74) is 11.0. The zero-order valence-corrected chi connectivity index (χ0v) is 9.42. The van der Waals surface area contributed by atoms with E-state index in [4.69, 9.17) is 5.73 Å². The summed E-state index contributed by atoms with van der Waals surface area (Å²) in [7, 11) is 0. The van der Waals surface area contributed by atoms with Gasteiger partial charge in [-0.2, -0.15) is 0 Å². The van der Waals surface area contributed by atoms with Gasteiger partial charge in [-0.05, 0) is 61.6 Å². The third-order valence-electron chi connectivity index (χ3n) is 4.42. The SMILES string of the molecule is Cc1ccc2c(c1)C1(CC1)C(CN)CC2. The second-order valence-electron chi connectivity index (χ2n) is 5.29. The van der Waals surface area contributed by atoms with Gasteiger partial charge in [-0.15, -0.1) is 0 Å². The van der Waals surface area contributed by atoms with Gasteiger partial charge in [-0.1, -0.05) is 23.8 Å². The Hall–Kier alpha value is -0.820. The fraction of sp³-hybridized carbons (Fsp3) is 0.571. The Bertz CT molecular complexity index is 390. The van der Waals surface area contributed by atoms with Crippen molar-refractivity contribution in [1.82, 2.24) is 0 Å². The van der Waals surface area contributed by atoms with Crippen LogP contribution >= 0.6 is 0 Å². The maximum atomic E-state index is 5.91. The van der Waals surface area contributed by atoms with Crippen LogP contribution in [-0.4, -0.2) is 6.54 Å². The molecule has 0 saturated heterocycles. The molecule has 0 heterocycles. The van der Waals surface area contributed by atoms with Gasteiger partial charge >= 0.3 is 0 Å². The first-order valence-electron chi connectivity index (χ1n) is 6.06. The van der Waals surface area contributed by atoms with Gasteiger partial charge < -0.3 is 5.73 Å². The zero-order chi connectivity index (χ0) is 10.5. The summed E-state index contributed by atoms with van der Waals surface area (Å²) in [6, 6.07) is 6.99. The highest BCUT2D eigenvalue weighted by Gasteiger charge is 2.52. The van der Waals surface area contributed by atoms with Crippen LogP contribution in [-0.2, 0) is 11.8 Å². The molecule has 2 aliphatic rings. The number of hydrogen-bond acceptors (Lipinski definition) is 1. The standard InChI is InChI=1S/C14H19N/c1-10-2-3-11-4-5-12(9-15)14(6-7-14)13(11)8-10/h2-3,8,12H,4-7,9,15H2,1H3. The lowest BCUT2D eigenvalue weighted by Gasteiger charge is -2.33. The lowest BCUT2D eigenvalue weighted by atomic mass is 9.72. The molecule has 3 rings (SSSR count). The normalized spacial score (nSPS) is 26.4. The number of fused-ring (bicyclic) bond motifs is 2. The molecule has 15 heavy (non-hydrogen) atoms. The van der Waals surface area contributed by atoms with Gasteiger partial charge in [0.05, 0.1) is 0 Å². The molecule has 0 radical (unpaired) electrons. The molecule has 1 atom stereocenters. The van der Waals surface area contributed by atoms with E-state index < -0.39 is 0 Å². The largest absolute Gasteiger partial charge is 0.330 e. The molecule has 0 amide bonds. The summed E-state index contributed by atoms with van der Waals surface area (Å²) >= 11 is 0. The third-order valence-corrected chi connectivity index (χ3v) is 4.42. The molecular weight excluding hydrogens is 182 g/mol. The molecule has 0 aromatic heterocycles. The Labute approximate surface area is 91.7 Å². The first kappa shape index (κ1) is 9.41. The molecule has 2 N–H and O–H groups in total. The summed E-state index contributed by atoms with van der Waals surface area (Å²) in [5, 5.41) is 0. The van der Waals surface area contributed by atoms with Crippen LogP contribution in [0.2, 0.25) is 0 Å². The van der Waals surface area contributed by atoms with Crippen LogP contribution in [0.1, 0.15) is 36.0 Å². The fourth-order valence-electron chi connectivity index (χ4n) is 3.35. The number of hydrogen-bond donors (Lipinski definition) is 1. The van der Waals surface area contributed by atoms with Crippen LogP contribution in [0.5, 0.6) is 0 Å². The number of aryl methyl sites for hydroxylation is 2. The van der Waals surface area contributed by atoms with Crippen LogP contribution in [0.4, 0.5) is 0 Å². The average Bonchev–Trinajstić information content (AvgIpc) is 3.01. The van der Waals surface area contributed by atoms with E-state index in [1.807, 2.05) is 0 Å². The second kappa shape index (κ2) is 3.08. The third kappa shape index (κ3) is 1.26. The van der Waals surface area contributed by atoms with Crippen LogP contribution in [0.15, 0.2) is 18.2 Å². The highest BCUT2D eigenvalue weighted by atomic mass is 14.6. The van der Waals surface area contributed by atoms with E-state index in [2.05, 4.69) is 25.1 Å². The van der Waals surface area contributed by atoms with Gasteiger partial charge in [0.1, 0.15) is 0 Å². The van der Waals surface area contributed by atoms with Gasteiger partial charge in [0, 0.05) is 0 Å². The Morgan fingerprint density at radius 1 is 1.40 bits per heavy atom. The first-order valence-corrected chi connectivity index (χ1v) is 6.06. The van der Waals surface area contributed by atoms with Crippen LogP contribution in [0, 0.1) is 12.8 Å². The van der Waals surface area contributed by atoms with E-state index in [1.54, 1.807) is 11.1 Å². The van der Waals surface area contributed by atoms with Gasteiger partial charge in [-0.25, -0.2) is 0 Å². The predicted molar refractivity (Wildman–Crippen MR) is 63.0 cm³/mol. The van der Waals surface area contributed by atoms with Gasteiger partial charge in [0.15, 0.2) is 0 Å². The summed E-state index contributed by atoms with van der Waals surface area (Å²) < 4.78 is 0. The average molecular weight is 201 g/mol. The van der Waals surface area contributed by atoms with E-state index in [0.717, 1.165) is 12.5 Å². The predicted octanol–water partition coefficient (Wildman–Crippen LogP) is 2.55. The topological polar surface area (TPSA) is 26.0 Å². The molecule has 0 bridgehead atoms. The van der Waals surface area contributed by atoms with Crippen molar-refractivity contribution in [2.24, 2.45) is 11.7 Å². The second-order valence-corrected chi connectivity index (χ2v) is 5.29. The lowest BCUT2D eigenvalue weighted by molar-refractivity contribution is 0.361. The Kier molecular flexibility index (Phi) is 1.93. The van der Waals surface area contributed by atoms with Crippen LogP contribution in [0.25, 0.3) is 0 Å². The molecule has 1 nitrogen and oxygen atoms in total. The van der Waals surface area contributed by atoms with E-state index >= 15 is 0 Å². The Morgan fingerprint density at radius 3 is 2.87 bits per heavy atom. The van der Waals surface area contributed by atoms with Crippen molar-refractivity contribution in [3.63, 3.8) is 0 Å². The van der Waals surface area contributed by atoms with Crippen LogP contribution < -0.4 is 5.73 Å². The minimum Gasteiger partial charge on any atom is -0.330 e. The molecule has 1 fully saturated rings. The van der Waals surface area contributed by atoms with Crippen molar-refractivity contribution in [3.8, 4) is 0 Å². The highest BCUT2D eigenvalue weighted by Crippen LogP contribution is 2.58. The van der Waals surface area contributed by atoms with Crippen molar-refractivity contribution in [3.05, 3.63) is 34.9 Å². The molecule has 1 saturated carbocycles. The summed E-state index contributed by atoms with van der Waals surface area (Å²) in [4.78, 5) is 0. The van der Waals surface area contributed by atoms with Gasteiger partial charge in [-0.3, -0.25) is 0 Å². The summed E-state index contributed by atoms with van der Waals surface area (Å²) in [6.45, 7) is 3.07. The van der Waals surface area contributed by atoms with E-state index in [1.165, 1.54) is 31.2 Å². The van der Waals surface area contributed by atoms with E-state index in [0.29, 0.717) is 5.41 Å². The number of benzene rings is 1. The fourth-order valence-corrected chi connectivity index (χ4v) is 3.35. The van der Waals surface area contributed by atoms with E-state index in [9.17, 15) is 0 Å². The molecule has 1 aromatic rings. The van der Waals surface area contributed by atoms with Crippen molar-refractivity contribution >= 4 is 0 Å². The molecule has 1 unspecified atom stereocenters. The van der Waals surface area contributed by atoms with Crippen molar-refractivity contribution in [2.75, 3.05) is 6.54 Å². The summed E-state index contributed by atoms with van der Waals surface area (Å²) in [6.07, 6.45) is 5.27. The van der Waals surface area contributed by atoms with Crippen molar-refractivity contribution < 1.29 is 0 Å². The molecule has 1 spiro atoms. The smallest absolute Gasteiger partial charge is 0.000317 e. The molecular formula is C14H19N. The van der Waals surface area contributed by atoms with Gasteiger partial charge in [0.25, 0.3) is 0 Å². The maximum absolute atomic E-state index is 5.91. The van der Waals surface area contributed by atoms with Gasteiger partial charge in [0.2, 0.25) is 0 Å². The zero-order valence-electron chi connectivity index (χ0n) is 9.42. The van der Waals surface area contributed by atoms with Crippen molar-refractivity contribution in [2.45, 2.75) is 38.0 Å². The lowest BCUT2D eigenvalue weighted by Crippen LogP contribution is -2.32. The van der Waals surface area contributed by atoms with E-state index in [-0.39, 0.29) is 0 Å². The molecule has 80 valence electrons. The van der Waals surface area contributed by atoms with Crippen LogP contribution in [0.3, 0.4) is 0 Å². The molecule has 2 aliphatic carbocycles. The molecule has 1 aromatic carbocycles. The van der Waals surface area contributed by atoms with Crippen molar-refractivity contribution in [1.29, 1.82) is 0 Å². The molecule has 0 aliphatic heterocycles. The quantitative estimate of drug-likeness (QED) is 0.742. The monoisotopic (exact) mass is 201 g/mol.